The van der Waals surface area contributed by atoms with Gasteiger partial charge in [0.15, 0.2) is 0 Å². The quantitative estimate of drug-likeness (QED) is 0.595. The van der Waals surface area contributed by atoms with E-state index in [0.29, 0.717) is 0 Å². The second kappa shape index (κ2) is 6.20. The van der Waals surface area contributed by atoms with Crippen LogP contribution in [-0.4, -0.2) is 0 Å². The Hall–Kier alpha value is -0.0700. The average molecular weight is 467 g/mol. The minimum atomic E-state index is 0.825. The van der Waals surface area contributed by atoms with Crippen LogP contribution >= 0.6 is 54.5 Å². The first kappa shape index (κ1) is 13.4. The van der Waals surface area contributed by atoms with Gasteiger partial charge in [-0.05, 0) is 74.4 Å². The maximum atomic E-state index is 3.53. The van der Waals surface area contributed by atoms with Crippen molar-refractivity contribution in [1.29, 1.82) is 0 Å². The van der Waals surface area contributed by atoms with Gasteiger partial charge in [0.1, 0.15) is 0 Å². The zero-order valence-corrected chi connectivity index (χ0v) is 14.2. The van der Waals surface area contributed by atoms with Crippen LogP contribution in [0.15, 0.2) is 51.4 Å². The number of rotatable bonds is 3. The third-order valence-electron chi connectivity index (χ3n) is 2.32. The average Bonchev–Trinajstić information content (AvgIpc) is 2.32. The lowest BCUT2D eigenvalue weighted by atomic mass is 10.2. The van der Waals surface area contributed by atoms with Gasteiger partial charge in [0.2, 0.25) is 0 Å². The Morgan fingerprint density at radius 2 is 1.71 bits per heavy atom. The minimum Gasteiger partial charge on any atom is -0.380 e. The van der Waals surface area contributed by atoms with E-state index < -0.39 is 0 Å². The molecule has 0 radical (unpaired) electrons. The van der Waals surface area contributed by atoms with Crippen LogP contribution in [0.4, 0.5) is 5.69 Å². The van der Waals surface area contributed by atoms with Gasteiger partial charge in [-0.1, -0.05) is 28.1 Å². The van der Waals surface area contributed by atoms with Crippen LogP contribution in [0, 0.1) is 3.57 Å². The van der Waals surface area contributed by atoms with Gasteiger partial charge < -0.3 is 5.32 Å². The van der Waals surface area contributed by atoms with E-state index >= 15 is 0 Å². The fourth-order valence-corrected chi connectivity index (χ4v) is 2.54. The predicted molar refractivity (Wildman–Crippen MR) is 88.3 cm³/mol. The maximum absolute atomic E-state index is 3.53. The molecule has 2 rings (SSSR count). The van der Waals surface area contributed by atoms with Crippen molar-refractivity contribution in [2.24, 2.45) is 0 Å². The topological polar surface area (TPSA) is 12.0 Å². The van der Waals surface area contributed by atoms with Crippen molar-refractivity contribution in [3.63, 3.8) is 0 Å². The first-order valence-corrected chi connectivity index (χ1v) is 7.75. The van der Waals surface area contributed by atoms with Crippen LogP contribution in [-0.2, 0) is 6.54 Å². The Bertz CT molecular complexity index is 511. The molecular weight excluding hydrogens is 457 g/mol. The van der Waals surface area contributed by atoms with Crippen molar-refractivity contribution in [3.8, 4) is 0 Å². The molecule has 0 aliphatic rings. The van der Waals surface area contributed by atoms with E-state index in [4.69, 9.17) is 0 Å². The van der Waals surface area contributed by atoms with E-state index in [1.807, 2.05) is 12.1 Å². The Balaban J connectivity index is 2.07. The molecule has 0 spiro atoms. The van der Waals surface area contributed by atoms with Crippen LogP contribution in [0.1, 0.15) is 5.56 Å². The van der Waals surface area contributed by atoms with Crippen LogP contribution in [0.2, 0.25) is 0 Å². The summed E-state index contributed by atoms with van der Waals surface area (Å²) in [6.45, 7) is 0.825. The number of anilines is 1. The third-order valence-corrected chi connectivity index (χ3v) is 4.23. The Labute approximate surface area is 131 Å². The molecule has 4 heteroatoms. The molecule has 0 aromatic heterocycles. The fourth-order valence-electron chi connectivity index (χ4n) is 1.43. The van der Waals surface area contributed by atoms with Gasteiger partial charge in [-0.15, -0.1) is 0 Å². The van der Waals surface area contributed by atoms with Gasteiger partial charge in [-0.25, -0.2) is 0 Å². The van der Waals surface area contributed by atoms with E-state index in [1.165, 1.54) is 9.13 Å². The highest BCUT2D eigenvalue weighted by Gasteiger charge is 2.00. The molecule has 0 bridgehead atoms. The molecule has 0 unspecified atom stereocenters. The van der Waals surface area contributed by atoms with E-state index in [1.54, 1.807) is 0 Å². The molecule has 88 valence electrons. The molecular formula is C13H10Br2IN. The van der Waals surface area contributed by atoms with Gasteiger partial charge in [0.25, 0.3) is 0 Å². The number of hydrogen-bond acceptors (Lipinski definition) is 1. The predicted octanol–water partition coefficient (Wildman–Crippen LogP) is 5.43. The third kappa shape index (κ3) is 3.96. The van der Waals surface area contributed by atoms with Crippen molar-refractivity contribution in [3.05, 3.63) is 60.5 Å². The number of halogens is 3. The number of benzene rings is 2. The van der Waals surface area contributed by atoms with Gasteiger partial charge in [-0.3, -0.25) is 0 Å². The van der Waals surface area contributed by atoms with Crippen LogP contribution < -0.4 is 5.32 Å². The summed E-state index contributed by atoms with van der Waals surface area (Å²) in [4.78, 5) is 0. The maximum Gasteiger partial charge on any atom is 0.0498 e. The standard InChI is InChI=1S/C13H10Br2IN/c14-10-3-6-12(15)13(7-10)17-8-9-1-4-11(16)5-2-9/h1-7,17H,8H2. The molecule has 2 aromatic carbocycles. The van der Waals surface area contributed by atoms with Crippen molar-refractivity contribution in [2.75, 3.05) is 5.32 Å². The summed E-state index contributed by atoms with van der Waals surface area (Å²) in [5.74, 6) is 0. The van der Waals surface area contributed by atoms with E-state index in [2.05, 4.69) is 90.1 Å². The Kier molecular flexibility index (Phi) is 4.87. The van der Waals surface area contributed by atoms with Gasteiger partial charge in [0, 0.05) is 24.7 Å². The molecule has 2 aromatic rings. The molecule has 0 fully saturated rings. The van der Waals surface area contributed by atoms with E-state index in [9.17, 15) is 0 Å². The second-order valence-corrected chi connectivity index (χ2v) is 6.62. The zero-order chi connectivity index (χ0) is 12.3. The summed E-state index contributed by atoms with van der Waals surface area (Å²) in [6, 6.07) is 14.6. The normalized spacial score (nSPS) is 10.3. The van der Waals surface area contributed by atoms with E-state index in [-0.39, 0.29) is 0 Å². The van der Waals surface area contributed by atoms with Crippen LogP contribution in [0.3, 0.4) is 0 Å². The lowest BCUT2D eigenvalue weighted by Gasteiger charge is -2.09. The summed E-state index contributed by atoms with van der Waals surface area (Å²) in [5, 5.41) is 3.41. The molecule has 0 saturated heterocycles. The molecule has 0 aliphatic carbocycles. The highest BCUT2D eigenvalue weighted by Crippen LogP contribution is 2.26. The summed E-state index contributed by atoms with van der Waals surface area (Å²) >= 11 is 9.31. The van der Waals surface area contributed by atoms with Crippen molar-refractivity contribution >= 4 is 60.1 Å². The Morgan fingerprint density at radius 1 is 1.00 bits per heavy atom. The van der Waals surface area contributed by atoms with Gasteiger partial charge in [-0.2, -0.15) is 0 Å². The highest BCUT2D eigenvalue weighted by molar-refractivity contribution is 14.1. The molecule has 17 heavy (non-hydrogen) atoms. The SMILES string of the molecule is Brc1ccc(Br)c(NCc2ccc(I)cc2)c1. The summed E-state index contributed by atoms with van der Waals surface area (Å²) < 4.78 is 3.41. The minimum absolute atomic E-state index is 0.825. The smallest absolute Gasteiger partial charge is 0.0498 e. The fraction of sp³-hybridized carbons (Fsp3) is 0.0769. The van der Waals surface area contributed by atoms with Crippen LogP contribution in [0.5, 0.6) is 0 Å². The second-order valence-electron chi connectivity index (χ2n) is 3.60. The summed E-state index contributed by atoms with van der Waals surface area (Å²) in [6.07, 6.45) is 0. The van der Waals surface area contributed by atoms with E-state index in [0.717, 1.165) is 21.2 Å². The summed E-state index contributed by atoms with van der Waals surface area (Å²) in [5.41, 5.74) is 2.37. The molecule has 1 N–H and O–H groups in total. The molecule has 0 heterocycles. The van der Waals surface area contributed by atoms with Crippen molar-refractivity contribution in [2.45, 2.75) is 6.54 Å². The van der Waals surface area contributed by atoms with Crippen molar-refractivity contribution < 1.29 is 0 Å². The van der Waals surface area contributed by atoms with Gasteiger partial charge >= 0.3 is 0 Å². The number of nitrogens with one attached hydrogen (secondary N) is 1. The molecule has 0 amide bonds. The first-order chi connectivity index (χ1) is 8.15. The lowest BCUT2D eigenvalue weighted by molar-refractivity contribution is 1.14. The summed E-state index contributed by atoms with van der Waals surface area (Å²) in [7, 11) is 0. The lowest BCUT2D eigenvalue weighted by Crippen LogP contribution is -1.99. The van der Waals surface area contributed by atoms with Crippen LogP contribution in [0.25, 0.3) is 0 Å². The first-order valence-electron chi connectivity index (χ1n) is 5.08. The zero-order valence-electron chi connectivity index (χ0n) is 8.88. The molecule has 1 nitrogen and oxygen atoms in total. The highest BCUT2D eigenvalue weighted by atomic mass is 127. The van der Waals surface area contributed by atoms with Gasteiger partial charge in [0.05, 0.1) is 0 Å². The monoisotopic (exact) mass is 465 g/mol. The Morgan fingerprint density at radius 3 is 2.41 bits per heavy atom. The largest absolute Gasteiger partial charge is 0.380 e. The molecule has 0 atom stereocenters. The molecule has 0 saturated carbocycles. The van der Waals surface area contributed by atoms with Crippen molar-refractivity contribution in [1.82, 2.24) is 0 Å². The number of hydrogen-bond donors (Lipinski definition) is 1. The molecule has 0 aliphatic heterocycles.